The quantitative estimate of drug-likeness (QED) is 0.341. The number of rotatable bonds is 10. The zero-order chi connectivity index (χ0) is 19.9. The Morgan fingerprint density at radius 3 is 2.30 bits per heavy atom. The number of Topliss-reactive ketones (excluding diaryl/α,β-unsaturated/α-hetero) is 1. The minimum absolute atomic E-state index is 0.0616. The molecule has 0 aromatic heterocycles. The van der Waals surface area contributed by atoms with Gasteiger partial charge in [-0.05, 0) is 49.3 Å². The summed E-state index contributed by atoms with van der Waals surface area (Å²) in [6.07, 6.45) is 0.831. The first-order valence-electron chi connectivity index (χ1n) is 9.78. The van der Waals surface area contributed by atoms with Crippen LogP contribution < -0.4 is 4.74 Å². The number of hydrogen-bond acceptors (Lipinski definition) is 2. The summed E-state index contributed by atoms with van der Waals surface area (Å²) in [6.45, 7) is 2.19. The fourth-order valence-corrected chi connectivity index (χ4v) is 3.68. The van der Waals surface area contributed by atoms with E-state index >= 15 is 0 Å². The van der Waals surface area contributed by atoms with Crippen molar-refractivity contribution in [3.05, 3.63) is 29.8 Å². The second-order valence-electron chi connectivity index (χ2n) is 7.47. The van der Waals surface area contributed by atoms with Crippen molar-refractivity contribution in [2.24, 2.45) is 11.8 Å². The molecule has 2 rings (SSSR count). The number of ether oxygens (including phenoxy) is 1. The molecule has 1 aromatic rings. The summed E-state index contributed by atoms with van der Waals surface area (Å²) in [4.78, 5) is 12.5. The van der Waals surface area contributed by atoms with Crippen LogP contribution in [0.1, 0.15) is 63.9 Å². The highest BCUT2D eigenvalue weighted by Crippen LogP contribution is 2.33. The number of carbonyl (C=O) groups excluding carboxylic acids is 1. The van der Waals surface area contributed by atoms with Gasteiger partial charge in [0, 0.05) is 12.3 Å². The molecule has 1 aliphatic rings. The minimum atomic E-state index is -4.52. The Labute approximate surface area is 158 Å². The van der Waals surface area contributed by atoms with Crippen LogP contribution in [-0.4, -0.2) is 18.3 Å². The van der Waals surface area contributed by atoms with E-state index in [0.29, 0.717) is 5.56 Å². The predicted molar refractivity (Wildman–Crippen MR) is 96.3 cm³/mol. The number of benzene rings is 1. The van der Waals surface area contributed by atoms with E-state index < -0.39 is 12.5 Å². The van der Waals surface area contributed by atoms with Gasteiger partial charge in [-0.3, -0.25) is 4.79 Å². The Kier molecular flexibility index (Phi) is 8.11. The maximum absolute atomic E-state index is 12.9. The maximum Gasteiger partial charge on any atom is 0.461 e. The fraction of sp³-hybridized carbons (Fsp3) is 0.667. The molecule has 1 fully saturated rings. The molecule has 1 saturated carbocycles. The molecule has 0 amide bonds. The highest BCUT2D eigenvalue weighted by molar-refractivity contribution is 5.83. The van der Waals surface area contributed by atoms with Gasteiger partial charge in [0.1, 0.15) is 11.5 Å². The fourth-order valence-electron chi connectivity index (χ4n) is 3.68. The molecule has 0 spiro atoms. The van der Waals surface area contributed by atoms with Gasteiger partial charge in [0.05, 0.1) is 0 Å². The smallest absolute Gasteiger partial charge is 0.428 e. The number of ketones is 1. The van der Waals surface area contributed by atoms with Crippen molar-refractivity contribution < 1.29 is 27.1 Å². The van der Waals surface area contributed by atoms with E-state index in [1.807, 2.05) is 0 Å². The second kappa shape index (κ2) is 10.1. The van der Waals surface area contributed by atoms with Crippen LogP contribution in [0, 0.1) is 11.8 Å². The second-order valence-corrected chi connectivity index (χ2v) is 7.47. The van der Waals surface area contributed by atoms with Crippen LogP contribution >= 0.6 is 0 Å². The van der Waals surface area contributed by atoms with Crippen molar-refractivity contribution in [2.75, 3.05) is 0 Å². The van der Waals surface area contributed by atoms with Crippen molar-refractivity contribution in [1.29, 1.82) is 0 Å². The zero-order valence-electron chi connectivity index (χ0n) is 15.7. The van der Waals surface area contributed by atoms with Gasteiger partial charge in [0.2, 0.25) is 0 Å². The maximum atomic E-state index is 12.9. The van der Waals surface area contributed by atoms with Gasteiger partial charge in [-0.1, -0.05) is 44.7 Å². The summed E-state index contributed by atoms with van der Waals surface area (Å²) in [6, 6.07) is 5.35. The highest BCUT2D eigenvalue weighted by atomic mass is 19.3. The Morgan fingerprint density at radius 2 is 1.74 bits per heavy atom. The first-order chi connectivity index (χ1) is 12.8. The van der Waals surface area contributed by atoms with E-state index in [-0.39, 0.29) is 23.9 Å². The number of alkyl halides is 4. The number of halogens is 4. The predicted octanol–water partition coefficient (Wildman–Crippen LogP) is 6.42. The van der Waals surface area contributed by atoms with Crippen molar-refractivity contribution in [3.8, 4) is 5.75 Å². The van der Waals surface area contributed by atoms with Crippen molar-refractivity contribution in [2.45, 2.75) is 77.2 Å². The molecule has 0 bridgehead atoms. The third-order valence-electron chi connectivity index (χ3n) is 5.33. The summed E-state index contributed by atoms with van der Waals surface area (Å²) in [5, 5.41) is 0. The molecule has 1 aromatic carbocycles. The lowest BCUT2D eigenvalue weighted by molar-refractivity contribution is -0.253. The lowest BCUT2D eigenvalue weighted by Gasteiger charge is -2.27. The van der Waals surface area contributed by atoms with Crippen molar-refractivity contribution in [3.63, 3.8) is 0 Å². The highest BCUT2D eigenvalue weighted by Gasteiger charge is 2.43. The molecule has 27 heavy (non-hydrogen) atoms. The zero-order valence-corrected chi connectivity index (χ0v) is 15.7. The van der Waals surface area contributed by atoms with E-state index in [4.69, 9.17) is 0 Å². The first kappa shape index (κ1) is 21.7. The SMILES string of the molecule is CCCCCC1CCC(C(=O)Cc2ccc(OC(F)(F)C(F)F)cc2)CC1. The van der Waals surface area contributed by atoms with Crippen LogP contribution in [0.5, 0.6) is 5.75 Å². The van der Waals surface area contributed by atoms with Gasteiger partial charge >= 0.3 is 12.5 Å². The summed E-state index contributed by atoms with van der Waals surface area (Å²) in [5.41, 5.74) is 0.679. The molecule has 0 N–H and O–H groups in total. The summed E-state index contributed by atoms with van der Waals surface area (Å²) in [7, 11) is 0. The topological polar surface area (TPSA) is 26.3 Å². The number of unbranched alkanes of at least 4 members (excludes halogenated alkanes) is 2. The Bertz CT molecular complexity index is 578. The summed E-state index contributed by atoms with van der Waals surface area (Å²) < 4.78 is 54.1. The monoisotopic (exact) mass is 388 g/mol. The minimum Gasteiger partial charge on any atom is -0.428 e. The van der Waals surface area contributed by atoms with Gasteiger partial charge in [0.15, 0.2) is 0 Å². The van der Waals surface area contributed by atoms with Crippen LogP contribution in [-0.2, 0) is 11.2 Å². The van der Waals surface area contributed by atoms with Crippen molar-refractivity contribution >= 4 is 5.78 Å². The van der Waals surface area contributed by atoms with Crippen LogP contribution in [0.15, 0.2) is 24.3 Å². The van der Waals surface area contributed by atoms with E-state index in [9.17, 15) is 22.4 Å². The third-order valence-corrected chi connectivity index (χ3v) is 5.33. The number of carbonyl (C=O) groups is 1. The van der Waals surface area contributed by atoms with Gasteiger partial charge in [-0.25, -0.2) is 0 Å². The first-order valence-corrected chi connectivity index (χ1v) is 9.78. The van der Waals surface area contributed by atoms with Gasteiger partial charge < -0.3 is 4.74 Å². The molecule has 2 nitrogen and oxygen atoms in total. The molecule has 0 radical (unpaired) electrons. The lowest BCUT2D eigenvalue weighted by atomic mass is 9.77. The molecule has 0 heterocycles. The molecule has 0 aliphatic heterocycles. The van der Waals surface area contributed by atoms with Crippen LogP contribution in [0.25, 0.3) is 0 Å². The Balaban J connectivity index is 1.79. The van der Waals surface area contributed by atoms with Crippen LogP contribution in [0.2, 0.25) is 0 Å². The summed E-state index contributed by atoms with van der Waals surface area (Å²) in [5.74, 6) is 0.609. The molecule has 0 atom stereocenters. The summed E-state index contributed by atoms with van der Waals surface area (Å²) >= 11 is 0. The molecule has 0 saturated heterocycles. The van der Waals surface area contributed by atoms with E-state index in [1.54, 1.807) is 0 Å². The third kappa shape index (κ3) is 6.82. The van der Waals surface area contributed by atoms with E-state index in [1.165, 1.54) is 49.9 Å². The van der Waals surface area contributed by atoms with Gasteiger partial charge in [-0.15, -0.1) is 0 Å². The average molecular weight is 388 g/mol. The normalized spacial score (nSPS) is 20.7. The standard InChI is InChI=1S/C21H28F4O2/c1-2-3-4-5-15-6-10-17(11-7-15)19(26)14-16-8-12-18(13-9-16)27-21(24,25)20(22)23/h8-9,12-13,15,17,20H,2-7,10-11,14H2,1H3. The van der Waals surface area contributed by atoms with Gasteiger partial charge in [0.25, 0.3) is 0 Å². The largest absolute Gasteiger partial charge is 0.461 e. The Hall–Kier alpha value is -1.59. The average Bonchev–Trinajstić information content (AvgIpc) is 2.64. The molecule has 152 valence electrons. The molecule has 0 unspecified atom stereocenters. The molecular formula is C21H28F4O2. The van der Waals surface area contributed by atoms with E-state index in [0.717, 1.165) is 31.6 Å². The molecule has 1 aliphatic carbocycles. The van der Waals surface area contributed by atoms with E-state index in [2.05, 4.69) is 11.7 Å². The van der Waals surface area contributed by atoms with Crippen molar-refractivity contribution in [1.82, 2.24) is 0 Å². The molecule has 6 heteroatoms. The Morgan fingerprint density at radius 1 is 1.11 bits per heavy atom. The van der Waals surface area contributed by atoms with Gasteiger partial charge in [-0.2, -0.15) is 17.6 Å². The van der Waals surface area contributed by atoms with Crippen LogP contribution in [0.3, 0.4) is 0 Å². The van der Waals surface area contributed by atoms with Crippen LogP contribution in [0.4, 0.5) is 17.6 Å². The molecular weight excluding hydrogens is 360 g/mol. The number of hydrogen-bond donors (Lipinski definition) is 0. The lowest BCUT2D eigenvalue weighted by Crippen LogP contribution is -2.33.